The molecule has 0 radical (unpaired) electrons. The van der Waals surface area contributed by atoms with Crippen LogP contribution in [0.25, 0.3) is 0 Å². The Morgan fingerprint density at radius 3 is 2.42 bits per heavy atom. The van der Waals surface area contributed by atoms with Crippen molar-refractivity contribution in [3.63, 3.8) is 0 Å². The maximum Gasteiger partial charge on any atom is 0.361 e. The second-order valence-corrected chi connectivity index (χ2v) is 11.1. The highest BCUT2D eigenvalue weighted by atomic mass is 32.2. The van der Waals surface area contributed by atoms with Crippen LogP contribution in [0.5, 0.6) is 5.75 Å². The molecule has 2 aliphatic rings. The van der Waals surface area contributed by atoms with E-state index in [1.54, 1.807) is 25.8 Å². The van der Waals surface area contributed by atoms with Crippen LogP contribution < -0.4 is 9.64 Å². The zero-order chi connectivity index (χ0) is 26.5. The molecule has 0 atom stereocenters. The summed E-state index contributed by atoms with van der Waals surface area (Å²) in [5.74, 6) is 1.09. The van der Waals surface area contributed by atoms with Gasteiger partial charge in [-0.1, -0.05) is 29.5 Å². The lowest BCUT2D eigenvalue weighted by atomic mass is 9.84. The predicted octanol–water partition coefficient (Wildman–Crippen LogP) is 5.46. The smallest absolute Gasteiger partial charge is 0.361 e. The number of rotatable bonds is 9. The van der Waals surface area contributed by atoms with Gasteiger partial charge in [-0.15, -0.1) is 16.9 Å². The number of hydrogen-bond donors (Lipinski definition) is 0. The highest BCUT2D eigenvalue weighted by molar-refractivity contribution is 7.99. The zero-order valence-corrected chi connectivity index (χ0v) is 22.8. The van der Waals surface area contributed by atoms with E-state index in [1.165, 1.54) is 5.56 Å². The maximum atomic E-state index is 12.6. The molecular weight excluding hydrogens is 500 g/mol. The minimum atomic E-state index is -0.429. The second kappa shape index (κ2) is 12.0. The fraction of sp³-hybridized carbons (Fsp3) is 0.448. The van der Waals surface area contributed by atoms with Crippen LogP contribution in [-0.2, 0) is 16.1 Å². The van der Waals surface area contributed by atoms with E-state index in [9.17, 15) is 9.59 Å². The number of esters is 1. The largest absolute Gasteiger partial charge is 0.497 e. The van der Waals surface area contributed by atoms with Gasteiger partial charge in [-0.2, -0.15) is 0 Å². The van der Waals surface area contributed by atoms with Gasteiger partial charge in [0.25, 0.3) is 0 Å². The van der Waals surface area contributed by atoms with Crippen LogP contribution in [0.4, 0.5) is 5.69 Å². The molecule has 3 aromatic rings. The monoisotopic (exact) mass is 534 g/mol. The highest BCUT2D eigenvalue weighted by Gasteiger charge is 2.29. The maximum absolute atomic E-state index is 12.6. The topological polar surface area (TPSA) is 86.5 Å². The fourth-order valence-electron chi connectivity index (χ4n) is 5.28. The first-order valence-corrected chi connectivity index (χ1v) is 14.2. The Labute approximate surface area is 227 Å². The Bertz CT molecular complexity index is 1250. The van der Waals surface area contributed by atoms with Gasteiger partial charge in [-0.25, -0.2) is 9.48 Å². The van der Waals surface area contributed by atoms with Crippen LogP contribution in [-0.4, -0.2) is 52.4 Å². The molecule has 1 saturated carbocycles. The first kappa shape index (κ1) is 26.3. The number of methoxy groups -OCH3 is 1. The number of carbonyl (C=O) groups is 2. The molecule has 8 nitrogen and oxygen atoms in total. The second-order valence-electron chi connectivity index (χ2n) is 9.80. The van der Waals surface area contributed by atoms with Gasteiger partial charge in [0, 0.05) is 23.9 Å². The number of hydrogen-bond acceptors (Lipinski definition) is 7. The van der Waals surface area contributed by atoms with Gasteiger partial charge < -0.3 is 14.4 Å². The van der Waals surface area contributed by atoms with Crippen LogP contribution in [0.2, 0.25) is 0 Å². The Morgan fingerprint density at radius 2 is 1.79 bits per heavy atom. The molecule has 1 aromatic heterocycles. The Kier molecular flexibility index (Phi) is 8.32. The van der Waals surface area contributed by atoms with Crippen LogP contribution in [0.1, 0.15) is 73.0 Å². The quantitative estimate of drug-likeness (QED) is 0.337. The van der Waals surface area contributed by atoms with Crippen molar-refractivity contribution in [3.05, 3.63) is 65.4 Å². The van der Waals surface area contributed by atoms with Crippen molar-refractivity contribution < 1.29 is 19.1 Å². The van der Waals surface area contributed by atoms with Gasteiger partial charge >= 0.3 is 5.97 Å². The lowest BCUT2D eigenvalue weighted by molar-refractivity contribution is -0.117. The predicted molar refractivity (Wildman–Crippen MR) is 147 cm³/mol. The molecule has 38 heavy (non-hydrogen) atoms. The summed E-state index contributed by atoms with van der Waals surface area (Å²) in [4.78, 5) is 26.6. The van der Waals surface area contributed by atoms with Crippen molar-refractivity contribution in [2.45, 2.75) is 68.2 Å². The molecule has 0 spiro atoms. The summed E-state index contributed by atoms with van der Waals surface area (Å²) < 4.78 is 12.3. The normalized spacial score (nSPS) is 19.5. The SMILES string of the molecule is CCOC(=O)c1nnn(Cc2ccc(OC)cc2)c1S[C@H]1CC[C@@H](c2ccc(N3CCCC3=O)cc2)CC1. The first-order chi connectivity index (χ1) is 18.6. The lowest BCUT2D eigenvalue weighted by Crippen LogP contribution is -2.23. The number of thioether (sulfide) groups is 1. The summed E-state index contributed by atoms with van der Waals surface area (Å²) in [5, 5.41) is 9.66. The summed E-state index contributed by atoms with van der Waals surface area (Å²) in [7, 11) is 1.65. The minimum Gasteiger partial charge on any atom is -0.497 e. The molecule has 0 N–H and O–H groups in total. The third kappa shape index (κ3) is 5.88. The molecule has 1 aliphatic heterocycles. The van der Waals surface area contributed by atoms with E-state index in [2.05, 4.69) is 34.6 Å². The van der Waals surface area contributed by atoms with Crippen LogP contribution in [0, 0.1) is 0 Å². The molecule has 2 fully saturated rings. The summed E-state index contributed by atoms with van der Waals surface area (Å²) in [6.45, 7) is 3.42. The Balaban J connectivity index is 1.25. The number of benzene rings is 2. The van der Waals surface area contributed by atoms with Gasteiger partial charge in [-0.3, -0.25) is 4.79 Å². The number of ether oxygens (including phenoxy) is 2. The van der Waals surface area contributed by atoms with E-state index in [-0.39, 0.29) is 5.91 Å². The third-order valence-electron chi connectivity index (χ3n) is 7.35. The fourth-order valence-corrected chi connectivity index (χ4v) is 6.56. The van der Waals surface area contributed by atoms with Crippen molar-refractivity contribution in [2.75, 3.05) is 25.2 Å². The van der Waals surface area contributed by atoms with Gasteiger partial charge in [0.05, 0.1) is 20.3 Å². The molecule has 2 heterocycles. The molecular formula is C29H34N4O4S. The molecule has 2 aromatic carbocycles. The molecule has 200 valence electrons. The lowest BCUT2D eigenvalue weighted by Gasteiger charge is -2.29. The van der Waals surface area contributed by atoms with Gasteiger partial charge in [0.15, 0.2) is 0 Å². The molecule has 1 aliphatic carbocycles. The zero-order valence-electron chi connectivity index (χ0n) is 22.0. The van der Waals surface area contributed by atoms with E-state index in [4.69, 9.17) is 9.47 Å². The van der Waals surface area contributed by atoms with Crippen molar-refractivity contribution >= 4 is 29.3 Å². The number of amides is 1. The number of nitrogens with zero attached hydrogens (tertiary/aromatic N) is 4. The number of carbonyl (C=O) groups excluding carboxylic acids is 2. The van der Waals surface area contributed by atoms with Gasteiger partial charge in [0.2, 0.25) is 11.6 Å². The van der Waals surface area contributed by atoms with Gasteiger partial charge in [0.1, 0.15) is 10.8 Å². The van der Waals surface area contributed by atoms with Crippen molar-refractivity contribution in [2.24, 2.45) is 0 Å². The molecule has 9 heteroatoms. The summed E-state index contributed by atoms with van der Waals surface area (Å²) in [6, 6.07) is 16.4. The Morgan fingerprint density at radius 1 is 1.05 bits per heavy atom. The van der Waals surface area contributed by atoms with Crippen molar-refractivity contribution in [3.8, 4) is 5.75 Å². The summed E-state index contributed by atoms with van der Waals surface area (Å²) in [5.41, 5.74) is 3.68. The van der Waals surface area contributed by atoms with E-state index in [0.29, 0.717) is 36.4 Å². The van der Waals surface area contributed by atoms with Gasteiger partial charge in [-0.05, 0) is 80.3 Å². The summed E-state index contributed by atoms with van der Waals surface area (Å²) in [6.07, 6.45) is 5.82. The molecule has 1 amide bonds. The average Bonchev–Trinajstić information content (AvgIpc) is 3.55. The van der Waals surface area contributed by atoms with Crippen molar-refractivity contribution in [1.29, 1.82) is 0 Å². The molecule has 0 unspecified atom stereocenters. The first-order valence-electron chi connectivity index (χ1n) is 13.4. The Hall–Kier alpha value is -3.33. The number of aromatic nitrogens is 3. The van der Waals surface area contributed by atoms with Crippen LogP contribution >= 0.6 is 11.8 Å². The van der Waals surface area contributed by atoms with Crippen LogP contribution in [0.15, 0.2) is 53.6 Å². The van der Waals surface area contributed by atoms with Crippen LogP contribution in [0.3, 0.4) is 0 Å². The van der Waals surface area contributed by atoms with E-state index >= 15 is 0 Å². The summed E-state index contributed by atoms with van der Waals surface area (Å²) >= 11 is 1.69. The molecule has 1 saturated heterocycles. The molecule has 0 bridgehead atoms. The minimum absolute atomic E-state index is 0.221. The van der Waals surface area contributed by atoms with E-state index < -0.39 is 5.97 Å². The highest BCUT2D eigenvalue weighted by Crippen LogP contribution is 2.41. The average molecular weight is 535 g/mol. The standard InChI is InChI=1S/C29H34N4O4S/c1-3-37-29(35)27-28(33(31-30-27)19-20-6-14-24(36-2)15-7-20)38-25-16-10-22(11-17-25)21-8-12-23(13-9-21)32-18-4-5-26(32)34/h6-9,12-15,22,25H,3-5,10-11,16-19H2,1-2H3/t22-,25+. The third-order valence-corrected chi connectivity index (χ3v) is 8.78. The van der Waals surface area contributed by atoms with E-state index in [1.807, 2.05) is 33.8 Å². The molecule has 5 rings (SSSR count). The van der Waals surface area contributed by atoms with E-state index in [0.717, 1.165) is 60.7 Å². The number of anilines is 1. The van der Waals surface area contributed by atoms with Crippen molar-refractivity contribution in [1.82, 2.24) is 15.0 Å².